The number of aromatic nitrogens is 2. The van der Waals surface area contributed by atoms with Crippen molar-refractivity contribution in [2.24, 2.45) is 0 Å². The van der Waals surface area contributed by atoms with Crippen molar-refractivity contribution < 1.29 is 14.3 Å². The summed E-state index contributed by atoms with van der Waals surface area (Å²) in [6, 6.07) is 15.6. The van der Waals surface area contributed by atoms with Gasteiger partial charge in [0.15, 0.2) is 0 Å². The molecule has 0 spiro atoms. The summed E-state index contributed by atoms with van der Waals surface area (Å²) in [5.41, 5.74) is 1.50. The summed E-state index contributed by atoms with van der Waals surface area (Å²) >= 11 is 3.41. The number of amides is 1. The molecule has 0 radical (unpaired) electrons. The van der Waals surface area contributed by atoms with Crippen LogP contribution in [0.1, 0.15) is 0 Å². The van der Waals surface area contributed by atoms with Crippen LogP contribution in [0.4, 0.5) is 5.69 Å². The molecule has 28 heavy (non-hydrogen) atoms. The largest absolute Gasteiger partial charge is 0.497 e. The van der Waals surface area contributed by atoms with Gasteiger partial charge in [-0.25, -0.2) is 4.68 Å². The van der Waals surface area contributed by atoms with E-state index in [0.29, 0.717) is 22.9 Å². The van der Waals surface area contributed by atoms with Crippen LogP contribution < -0.4 is 20.3 Å². The fourth-order valence-electron chi connectivity index (χ4n) is 2.60. The second-order valence-electron chi connectivity index (χ2n) is 5.84. The van der Waals surface area contributed by atoms with Crippen LogP contribution in [0.15, 0.2) is 63.9 Å². The van der Waals surface area contributed by atoms with Gasteiger partial charge >= 0.3 is 0 Å². The highest BCUT2D eigenvalue weighted by Gasteiger charge is 2.12. The first-order chi connectivity index (χ1) is 13.5. The summed E-state index contributed by atoms with van der Waals surface area (Å²) in [6.07, 6.45) is 0. The SMILES string of the molecule is COc1ccc(OC)c(NC(=O)Cn2nc(-c3cccc(Br)c3)ccc2=O)c1. The molecule has 1 heterocycles. The maximum atomic E-state index is 12.5. The quantitative estimate of drug-likeness (QED) is 0.631. The fraction of sp³-hybridized carbons (Fsp3) is 0.150. The van der Waals surface area contributed by atoms with E-state index in [2.05, 4.69) is 26.3 Å². The second-order valence-corrected chi connectivity index (χ2v) is 6.75. The Morgan fingerprint density at radius 3 is 2.64 bits per heavy atom. The monoisotopic (exact) mass is 443 g/mol. The number of methoxy groups -OCH3 is 2. The highest BCUT2D eigenvalue weighted by Crippen LogP contribution is 2.28. The Hall–Kier alpha value is -3.13. The predicted octanol–water partition coefficient (Wildman–Crippen LogP) is 3.33. The van der Waals surface area contributed by atoms with Gasteiger partial charge in [-0.3, -0.25) is 9.59 Å². The first-order valence-electron chi connectivity index (χ1n) is 8.36. The minimum atomic E-state index is -0.410. The van der Waals surface area contributed by atoms with Crippen LogP contribution in [0.5, 0.6) is 11.5 Å². The number of carbonyl (C=O) groups excluding carboxylic acids is 1. The van der Waals surface area contributed by atoms with E-state index >= 15 is 0 Å². The average Bonchev–Trinajstić information content (AvgIpc) is 2.69. The maximum absolute atomic E-state index is 12.5. The molecule has 3 aromatic rings. The summed E-state index contributed by atoms with van der Waals surface area (Å²) in [4.78, 5) is 24.6. The van der Waals surface area contributed by atoms with E-state index in [1.165, 1.54) is 20.3 Å². The van der Waals surface area contributed by atoms with Crippen molar-refractivity contribution in [2.75, 3.05) is 19.5 Å². The minimum Gasteiger partial charge on any atom is -0.497 e. The smallest absolute Gasteiger partial charge is 0.267 e. The Morgan fingerprint density at radius 2 is 1.93 bits per heavy atom. The summed E-state index contributed by atoms with van der Waals surface area (Å²) in [6.45, 7) is -0.235. The van der Waals surface area contributed by atoms with Crippen molar-refractivity contribution in [3.8, 4) is 22.8 Å². The molecule has 2 aromatic carbocycles. The van der Waals surface area contributed by atoms with Gasteiger partial charge in [0.25, 0.3) is 5.56 Å². The Balaban J connectivity index is 1.83. The lowest BCUT2D eigenvalue weighted by atomic mass is 10.1. The van der Waals surface area contributed by atoms with Crippen molar-refractivity contribution in [2.45, 2.75) is 6.54 Å². The lowest BCUT2D eigenvalue weighted by Gasteiger charge is -2.12. The van der Waals surface area contributed by atoms with E-state index in [1.807, 2.05) is 24.3 Å². The molecule has 0 saturated heterocycles. The molecule has 1 N–H and O–H groups in total. The molecule has 0 aliphatic rings. The number of nitrogens with zero attached hydrogens (tertiary/aromatic N) is 2. The van der Waals surface area contributed by atoms with Gasteiger partial charge in [0.1, 0.15) is 18.0 Å². The standard InChI is InChI=1S/C20H18BrN3O4/c1-27-15-6-8-18(28-2)17(11-15)22-19(25)12-24-20(26)9-7-16(23-24)13-4-3-5-14(21)10-13/h3-11H,12H2,1-2H3,(H,22,25). The molecule has 0 aliphatic heterocycles. The van der Waals surface area contributed by atoms with Crippen LogP contribution in [0.2, 0.25) is 0 Å². The van der Waals surface area contributed by atoms with Gasteiger partial charge in [0, 0.05) is 22.2 Å². The van der Waals surface area contributed by atoms with Gasteiger partial charge in [-0.15, -0.1) is 0 Å². The molecular formula is C20H18BrN3O4. The molecule has 1 aromatic heterocycles. The van der Waals surface area contributed by atoms with Gasteiger partial charge in [-0.05, 0) is 30.3 Å². The van der Waals surface area contributed by atoms with E-state index < -0.39 is 5.91 Å². The van der Waals surface area contributed by atoms with Gasteiger partial charge in [0.2, 0.25) is 5.91 Å². The molecule has 144 valence electrons. The first kappa shape index (κ1) is 19.6. The van der Waals surface area contributed by atoms with Crippen LogP contribution >= 0.6 is 15.9 Å². The van der Waals surface area contributed by atoms with E-state index in [1.54, 1.807) is 24.3 Å². The number of hydrogen-bond donors (Lipinski definition) is 1. The Kier molecular flexibility index (Phi) is 6.10. The maximum Gasteiger partial charge on any atom is 0.267 e. The van der Waals surface area contributed by atoms with Crippen LogP contribution in [0, 0.1) is 0 Å². The van der Waals surface area contributed by atoms with Crippen molar-refractivity contribution >= 4 is 27.5 Å². The summed E-state index contributed by atoms with van der Waals surface area (Å²) < 4.78 is 12.4. The predicted molar refractivity (Wildman–Crippen MR) is 110 cm³/mol. The van der Waals surface area contributed by atoms with Crippen molar-refractivity contribution in [1.82, 2.24) is 9.78 Å². The van der Waals surface area contributed by atoms with E-state index in [0.717, 1.165) is 14.7 Å². The molecule has 0 aliphatic carbocycles. The van der Waals surface area contributed by atoms with E-state index in [9.17, 15) is 9.59 Å². The zero-order valence-corrected chi connectivity index (χ0v) is 16.9. The average molecular weight is 444 g/mol. The van der Waals surface area contributed by atoms with Crippen molar-refractivity contribution in [1.29, 1.82) is 0 Å². The molecule has 3 rings (SSSR count). The minimum absolute atomic E-state index is 0.235. The number of carbonyl (C=O) groups is 1. The number of benzene rings is 2. The van der Waals surface area contributed by atoms with E-state index in [4.69, 9.17) is 9.47 Å². The molecule has 7 nitrogen and oxygen atoms in total. The molecule has 0 bridgehead atoms. The highest BCUT2D eigenvalue weighted by molar-refractivity contribution is 9.10. The third kappa shape index (κ3) is 4.58. The third-order valence-corrected chi connectivity index (χ3v) is 4.45. The number of anilines is 1. The van der Waals surface area contributed by atoms with Gasteiger partial charge in [0.05, 0.1) is 25.6 Å². The lowest BCUT2D eigenvalue weighted by molar-refractivity contribution is -0.117. The van der Waals surface area contributed by atoms with Crippen LogP contribution in [-0.4, -0.2) is 29.9 Å². The Bertz CT molecular complexity index is 1070. The zero-order chi connectivity index (χ0) is 20.1. The number of rotatable bonds is 6. The molecular weight excluding hydrogens is 426 g/mol. The Morgan fingerprint density at radius 1 is 1.11 bits per heavy atom. The van der Waals surface area contributed by atoms with E-state index in [-0.39, 0.29) is 12.1 Å². The molecule has 8 heteroatoms. The summed E-state index contributed by atoms with van der Waals surface area (Å²) in [5, 5.41) is 7.04. The van der Waals surface area contributed by atoms with Crippen LogP contribution in [0.3, 0.4) is 0 Å². The van der Waals surface area contributed by atoms with Gasteiger partial charge < -0.3 is 14.8 Å². The second kappa shape index (κ2) is 8.71. The van der Waals surface area contributed by atoms with Gasteiger partial charge in [-0.2, -0.15) is 5.10 Å². The molecule has 0 fully saturated rings. The first-order valence-corrected chi connectivity index (χ1v) is 9.15. The molecule has 0 atom stereocenters. The fourth-order valence-corrected chi connectivity index (χ4v) is 3.00. The van der Waals surface area contributed by atoms with Gasteiger partial charge in [-0.1, -0.05) is 28.1 Å². The van der Waals surface area contributed by atoms with Crippen LogP contribution in [0.25, 0.3) is 11.3 Å². The number of nitrogens with one attached hydrogen (secondary N) is 1. The number of halogens is 1. The number of hydrogen-bond acceptors (Lipinski definition) is 5. The van der Waals surface area contributed by atoms with Crippen molar-refractivity contribution in [3.63, 3.8) is 0 Å². The lowest BCUT2D eigenvalue weighted by Crippen LogP contribution is -2.29. The van der Waals surface area contributed by atoms with Crippen LogP contribution in [-0.2, 0) is 11.3 Å². The topological polar surface area (TPSA) is 82.4 Å². The Labute approximate surface area is 170 Å². The highest BCUT2D eigenvalue weighted by atomic mass is 79.9. The molecule has 0 saturated carbocycles. The molecule has 1 amide bonds. The van der Waals surface area contributed by atoms with Crippen molar-refractivity contribution in [3.05, 3.63) is 69.4 Å². The summed E-state index contributed by atoms with van der Waals surface area (Å²) in [5.74, 6) is 0.646. The summed E-state index contributed by atoms with van der Waals surface area (Å²) in [7, 11) is 3.04. The normalized spacial score (nSPS) is 10.4. The number of ether oxygens (including phenoxy) is 2. The molecule has 0 unspecified atom stereocenters. The zero-order valence-electron chi connectivity index (χ0n) is 15.3. The third-order valence-electron chi connectivity index (χ3n) is 3.96.